The van der Waals surface area contributed by atoms with Crippen LogP contribution in [0.5, 0.6) is 0 Å². The second-order valence-corrected chi connectivity index (χ2v) is 5.27. The van der Waals surface area contributed by atoms with Crippen LogP contribution < -0.4 is 0 Å². The zero-order valence-corrected chi connectivity index (χ0v) is 11.9. The number of nitrogens with zero attached hydrogens (tertiary/aromatic N) is 1. The van der Waals surface area contributed by atoms with E-state index in [1.807, 2.05) is 24.3 Å². The van der Waals surface area contributed by atoms with Crippen LogP contribution in [-0.4, -0.2) is 10.8 Å². The van der Waals surface area contributed by atoms with Crippen LogP contribution in [0.3, 0.4) is 0 Å². The fourth-order valence-electron chi connectivity index (χ4n) is 1.31. The molecule has 1 aromatic heterocycles. The molecule has 0 saturated carbocycles. The summed E-state index contributed by atoms with van der Waals surface area (Å²) in [4.78, 5) is 16.2. The number of rotatable bonds is 2. The van der Waals surface area contributed by atoms with Crippen LogP contribution in [0.1, 0.15) is 16.1 Å². The van der Waals surface area contributed by atoms with Crippen molar-refractivity contribution in [2.45, 2.75) is 0 Å². The molecule has 4 heteroatoms. The van der Waals surface area contributed by atoms with E-state index >= 15 is 0 Å². The van der Waals surface area contributed by atoms with Gasteiger partial charge in [0, 0.05) is 19.8 Å². The highest BCUT2D eigenvalue weighted by Gasteiger charge is 2.13. The molecule has 1 heterocycles. The summed E-state index contributed by atoms with van der Waals surface area (Å²) < 4.78 is 1.82. The Morgan fingerprint density at radius 2 is 2.06 bits per heavy atom. The summed E-state index contributed by atoms with van der Waals surface area (Å²) in [6, 6.07) is 11.0. The van der Waals surface area contributed by atoms with Gasteiger partial charge in [-0.25, -0.2) is 0 Å². The fraction of sp³-hybridized carbons (Fsp3) is 0. The fourth-order valence-corrected chi connectivity index (χ4v) is 2.22. The van der Waals surface area contributed by atoms with Gasteiger partial charge in [0.05, 0.1) is 0 Å². The summed E-state index contributed by atoms with van der Waals surface area (Å²) >= 11 is 5.56. The lowest BCUT2D eigenvalue weighted by Gasteiger charge is -2.03. The van der Waals surface area contributed by atoms with Crippen molar-refractivity contribution in [2.24, 2.45) is 0 Å². The van der Waals surface area contributed by atoms with E-state index in [1.165, 1.54) is 0 Å². The molecule has 2 rings (SSSR count). The van der Waals surface area contributed by atoms with Crippen molar-refractivity contribution in [3.8, 4) is 0 Å². The van der Waals surface area contributed by atoms with Crippen molar-refractivity contribution in [3.63, 3.8) is 0 Å². The number of pyridine rings is 1. The lowest BCUT2D eigenvalue weighted by Crippen LogP contribution is -2.04. The SMILES string of the molecule is O=C(c1ccccn1)c1cc(I)ccc1Br. The molecule has 0 aliphatic rings. The second-order valence-electron chi connectivity index (χ2n) is 3.17. The normalized spacial score (nSPS) is 10.1. The second kappa shape index (κ2) is 5.05. The van der Waals surface area contributed by atoms with Crippen molar-refractivity contribution in [2.75, 3.05) is 0 Å². The average Bonchev–Trinajstić information content (AvgIpc) is 2.32. The summed E-state index contributed by atoms with van der Waals surface area (Å²) in [6.07, 6.45) is 1.62. The highest BCUT2D eigenvalue weighted by molar-refractivity contribution is 14.1. The predicted molar refractivity (Wildman–Crippen MR) is 74.5 cm³/mol. The van der Waals surface area contributed by atoms with Gasteiger partial charge in [0.1, 0.15) is 5.69 Å². The van der Waals surface area contributed by atoms with E-state index < -0.39 is 0 Å². The topological polar surface area (TPSA) is 30.0 Å². The molecular weight excluding hydrogens is 381 g/mol. The lowest BCUT2D eigenvalue weighted by atomic mass is 10.1. The van der Waals surface area contributed by atoms with Gasteiger partial charge >= 0.3 is 0 Å². The van der Waals surface area contributed by atoms with E-state index in [2.05, 4.69) is 43.5 Å². The summed E-state index contributed by atoms with van der Waals surface area (Å²) in [5.74, 6) is -0.0639. The number of halogens is 2. The van der Waals surface area contributed by atoms with E-state index in [0.717, 1.165) is 8.04 Å². The van der Waals surface area contributed by atoms with Crippen molar-refractivity contribution >= 4 is 44.3 Å². The number of carbonyl (C=O) groups is 1. The monoisotopic (exact) mass is 387 g/mol. The molecule has 0 amide bonds. The maximum Gasteiger partial charge on any atom is 0.212 e. The maximum atomic E-state index is 12.1. The highest BCUT2D eigenvalue weighted by Crippen LogP contribution is 2.21. The van der Waals surface area contributed by atoms with Crippen LogP contribution in [0, 0.1) is 3.57 Å². The number of carbonyl (C=O) groups excluding carboxylic acids is 1. The predicted octanol–water partition coefficient (Wildman–Crippen LogP) is 3.68. The van der Waals surface area contributed by atoms with E-state index in [0.29, 0.717) is 11.3 Å². The molecule has 0 N–H and O–H groups in total. The molecule has 0 aliphatic heterocycles. The average molecular weight is 388 g/mol. The first-order valence-electron chi connectivity index (χ1n) is 4.59. The number of hydrogen-bond donors (Lipinski definition) is 0. The molecule has 0 fully saturated rings. The first-order valence-corrected chi connectivity index (χ1v) is 6.46. The molecule has 2 aromatic rings. The third-order valence-electron chi connectivity index (χ3n) is 2.07. The van der Waals surface area contributed by atoms with Gasteiger partial charge in [-0.2, -0.15) is 0 Å². The minimum absolute atomic E-state index is 0.0639. The van der Waals surface area contributed by atoms with Gasteiger partial charge in [-0.1, -0.05) is 22.0 Å². The molecule has 0 radical (unpaired) electrons. The standard InChI is InChI=1S/C12H7BrINO/c13-10-5-4-8(14)7-9(10)12(16)11-3-1-2-6-15-11/h1-7H. The minimum Gasteiger partial charge on any atom is -0.287 e. The Morgan fingerprint density at radius 1 is 1.25 bits per heavy atom. The molecule has 0 aliphatic carbocycles. The Balaban J connectivity index is 2.46. The smallest absolute Gasteiger partial charge is 0.212 e. The quantitative estimate of drug-likeness (QED) is 0.581. The van der Waals surface area contributed by atoms with Crippen LogP contribution in [0.2, 0.25) is 0 Å². The third kappa shape index (κ3) is 2.49. The molecule has 0 spiro atoms. The van der Waals surface area contributed by atoms with Crippen LogP contribution in [0.25, 0.3) is 0 Å². The molecule has 2 nitrogen and oxygen atoms in total. The van der Waals surface area contributed by atoms with Crippen LogP contribution in [-0.2, 0) is 0 Å². The third-order valence-corrected chi connectivity index (χ3v) is 3.43. The van der Waals surface area contributed by atoms with Gasteiger partial charge < -0.3 is 0 Å². The highest BCUT2D eigenvalue weighted by atomic mass is 127. The maximum absolute atomic E-state index is 12.1. The molecule has 0 saturated heterocycles. The van der Waals surface area contributed by atoms with Gasteiger partial charge in [-0.05, 0) is 52.9 Å². The van der Waals surface area contributed by atoms with Crippen LogP contribution in [0.4, 0.5) is 0 Å². The van der Waals surface area contributed by atoms with E-state index in [-0.39, 0.29) is 5.78 Å². The van der Waals surface area contributed by atoms with Gasteiger partial charge in [0.15, 0.2) is 0 Å². The molecule has 0 bridgehead atoms. The molecule has 1 aromatic carbocycles. The van der Waals surface area contributed by atoms with Crippen LogP contribution in [0.15, 0.2) is 47.1 Å². The van der Waals surface area contributed by atoms with E-state index in [9.17, 15) is 4.79 Å². The lowest BCUT2D eigenvalue weighted by molar-refractivity contribution is 0.103. The number of hydrogen-bond acceptors (Lipinski definition) is 2. The van der Waals surface area contributed by atoms with Crippen molar-refractivity contribution in [1.29, 1.82) is 0 Å². The van der Waals surface area contributed by atoms with Crippen molar-refractivity contribution in [3.05, 3.63) is 61.9 Å². The van der Waals surface area contributed by atoms with Crippen molar-refractivity contribution < 1.29 is 4.79 Å². The summed E-state index contributed by atoms with van der Waals surface area (Å²) in [6.45, 7) is 0. The van der Waals surface area contributed by atoms with Gasteiger partial charge in [0.25, 0.3) is 0 Å². The van der Waals surface area contributed by atoms with Crippen molar-refractivity contribution in [1.82, 2.24) is 4.98 Å². The number of aromatic nitrogens is 1. The molecule has 16 heavy (non-hydrogen) atoms. The first kappa shape index (κ1) is 11.7. The number of benzene rings is 1. The Labute approximate surface area is 115 Å². The largest absolute Gasteiger partial charge is 0.287 e. The van der Waals surface area contributed by atoms with E-state index in [1.54, 1.807) is 18.3 Å². The summed E-state index contributed by atoms with van der Waals surface area (Å²) in [7, 11) is 0. The molecule has 80 valence electrons. The Hall–Kier alpha value is -0.750. The van der Waals surface area contributed by atoms with E-state index in [4.69, 9.17) is 0 Å². The zero-order chi connectivity index (χ0) is 11.5. The summed E-state index contributed by atoms with van der Waals surface area (Å²) in [5, 5.41) is 0. The van der Waals surface area contributed by atoms with Gasteiger partial charge in [-0.15, -0.1) is 0 Å². The molecule has 0 unspecified atom stereocenters. The molecular formula is C12H7BrINO. The van der Waals surface area contributed by atoms with Gasteiger partial charge in [0.2, 0.25) is 5.78 Å². The minimum atomic E-state index is -0.0639. The number of ketones is 1. The Morgan fingerprint density at radius 3 is 2.75 bits per heavy atom. The Bertz CT molecular complexity index is 528. The first-order chi connectivity index (χ1) is 7.68. The van der Waals surface area contributed by atoms with Crippen LogP contribution >= 0.6 is 38.5 Å². The molecule has 0 atom stereocenters. The zero-order valence-electron chi connectivity index (χ0n) is 8.15. The Kier molecular flexibility index (Phi) is 3.70. The van der Waals surface area contributed by atoms with Gasteiger partial charge in [-0.3, -0.25) is 9.78 Å². The summed E-state index contributed by atoms with van der Waals surface area (Å²) in [5.41, 5.74) is 1.11.